The molecule has 0 amide bonds. The maximum atomic E-state index is 9.72. The van der Waals surface area contributed by atoms with E-state index in [0.717, 1.165) is 0 Å². The number of aliphatic hydroxyl groups excluding tert-OH is 1. The van der Waals surface area contributed by atoms with Crippen molar-refractivity contribution in [3.63, 3.8) is 0 Å². The van der Waals surface area contributed by atoms with Gasteiger partial charge in [0.2, 0.25) is 0 Å². The van der Waals surface area contributed by atoms with E-state index >= 15 is 0 Å². The molecule has 0 spiro atoms. The van der Waals surface area contributed by atoms with E-state index < -0.39 is 0 Å². The largest absolute Gasteiger partial charge is 0.388 e. The molecule has 70 valence electrons. The summed E-state index contributed by atoms with van der Waals surface area (Å²) in [6.07, 6.45) is 6.15. The van der Waals surface area contributed by atoms with E-state index in [1.807, 2.05) is 6.08 Å². The molecule has 0 radical (unpaired) electrons. The average Bonchev–Trinajstić information content (AvgIpc) is 2.62. The van der Waals surface area contributed by atoms with E-state index in [4.69, 9.17) is 0 Å². The van der Waals surface area contributed by atoms with Gasteiger partial charge < -0.3 is 5.11 Å². The fraction of sp³-hybridized carbons (Fsp3) is 0.818. The topological polar surface area (TPSA) is 20.2 Å². The lowest BCUT2D eigenvalue weighted by atomic mass is 9.93. The smallest absolute Gasteiger partial charge is 0.0774 e. The van der Waals surface area contributed by atoms with Crippen molar-refractivity contribution in [3.05, 3.63) is 12.2 Å². The number of hydrogen-bond donors (Lipinski definition) is 1. The zero-order chi connectivity index (χ0) is 9.41. The van der Waals surface area contributed by atoms with Crippen LogP contribution >= 0.6 is 0 Å². The van der Waals surface area contributed by atoms with Crippen molar-refractivity contribution in [1.82, 2.24) is 0 Å². The Morgan fingerprint density at radius 3 is 2.17 bits per heavy atom. The molecule has 1 saturated carbocycles. The third kappa shape index (κ3) is 2.63. The lowest BCUT2D eigenvalue weighted by molar-refractivity contribution is 0.148. The molecule has 0 aromatic heterocycles. The standard InChI is InChI=1S/C11H20O/c1-10(2,3)6-5-9(12)11(4)7-8-11/h5-6,9,12H,7-8H2,1-4H3/b6-5+. The highest BCUT2D eigenvalue weighted by Crippen LogP contribution is 2.48. The Hall–Kier alpha value is -0.300. The summed E-state index contributed by atoms with van der Waals surface area (Å²) < 4.78 is 0. The highest BCUT2D eigenvalue weighted by molar-refractivity contribution is 5.07. The van der Waals surface area contributed by atoms with E-state index in [0.29, 0.717) is 0 Å². The first kappa shape index (κ1) is 9.79. The van der Waals surface area contributed by atoms with E-state index in [1.54, 1.807) is 0 Å². The first-order valence-electron chi connectivity index (χ1n) is 4.71. The molecule has 1 atom stereocenters. The third-order valence-electron chi connectivity index (χ3n) is 2.53. The number of aliphatic hydroxyl groups is 1. The summed E-state index contributed by atoms with van der Waals surface area (Å²) in [5.74, 6) is 0. The molecule has 12 heavy (non-hydrogen) atoms. The maximum Gasteiger partial charge on any atom is 0.0774 e. The molecule has 1 aliphatic rings. The van der Waals surface area contributed by atoms with E-state index in [2.05, 4.69) is 33.8 Å². The number of hydrogen-bond acceptors (Lipinski definition) is 1. The molecule has 1 nitrogen and oxygen atoms in total. The molecule has 0 bridgehead atoms. The van der Waals surface area contributed by atoms with Crippen molar-refractivity contribution in [1.29, 1.82) is 0 Å². The SMILES string of the molecule is CC(C)(C)/C=C/C(O)C1(C)CC1. The van der Waals surface area contributed by atoms with Crippen molar-refractivity contribution in [2.75, 3.05) is 0 Å². The molecule has 0 aromatic carbocycles. The maximum absolute atomic E-state index is 9.72. The molecule has 0 heterocycles. The van der Waals surface area contributed by atoms with Crippen LogP contribution in [0.15, 0.2) is 12.2 Å². The van der Waals surface area contributed by atoms with Crippen molar-refractivity contribution >= 4 is 0 Å². The van der Waals surface area contributed by atoms with Gasteiger partial charge in [-0.25, -0.2) is 0 Å². The van der Waals surface area contributed by atoms with Gasteiger partial charge >= 0.3 is 0 Å². The Kier molecular flexibility index (Phi) is 2.35. The van der Waals surface area contributed by atoms with Gasteiger partial charge in [0, 0.05) is 0 Å². The second kappa shape index (κ2) is 2.88. The first-order chi connectivity index (χ1) is 5.33. The summed E-state index contributed by atoms with van der Waals surface area (Å²) in [5, 5.41) is 9.72. The Morgan fingerprint density at radius 2 is 1.83 bits per heavy atom. The van der Waals surface area contributed by atoms with Crippen LogP contribution in [0.25, 0.3) is 0 Å². The third-order valence-corrected chi connectivity index (χ3v) is 2.53. The number of rotatable bonds is 2. The van der Waals surface area contributed by atoms with Gasteiger partial charge in [-0.3, -0.25) is 0 Å². The minimum Gasteiger partial charge on any atom is -0.388 e. The van der Waals surface area contributed by atoms with Gasteiger partial charge in [0.1, 0.15) is 0 Å². The van der Waals surface area contributed by atoms with Crippen LogP contribution in [-0.4, -0.2) is 11.2 Å². The van der Waals surface area contributed by atoms with Crippen molar-refractivity contribution < 1.29 is 5.11 Å². The Bertz CT molecular complexity index is 182. The van der Waals surface area contributed by atoms with E-state index in [-0.39, 0.29) is 16.9 Å². The minimum atomic E-state index is -0.239. The van der Waals surface area contributed by atoms with Gasteiger partial charge in [0.15, 0.2) is 0 Å². The van der Waals surface area contributed by atoms with Crippen LogP contribution in [0.4, 0.5) is 0 Å². The predicted octanol–water partition coefficient (Wildman–Crippen LogP) is 2.75. The summed E-state index contributed by atoms with van der Waals surface area (Å²) in [6, 6.07) is 0. The van der Waals surface area contributed by atoms with Crippen molar-refractivity contribution in [3.8, 4) is 0 Å². The molecule has 1 N–H and O–H groups in total. The van der Waals surface area contributed by atoms with Crippen LogP contribution in [0.3, 0.4) is 0 Å². The van der Waals surface area contributed by atoms with Crippen LogP contribution in [0.1, 0.15) is 40.5 Å². The van der Waals surface area contributed by atoms with Crippen LogP contribution in [-0.2, 0) is 0 Å². The van der Waals surface area contributed by atoms with Gasteiger partial charge in [-0.15, -0.1) is 0 Å². The van der Waals surface area contributed by atoms with Gasteiger partial charge in [-0.1, -0.05) is 39.8 Å². The first-order valence-corrected chi connectivity index (χ1v) is 4.71. The molecular formula is C11H20O. The molecular weight excluding hydrogens is 148 g/mol. The normalized spacial score (nSPS) is 24.4. The highest BCUT2D eigenvalue weighted by Gasteiger charge is 2.42. The zero-order valence-electron chi connectivity index (χ0n) is 8.59. The van der Waals surface area contributed by atoms with Gasteiger partial charge in [0.25, 0.3) is 0 Å². The molecule has 0 aliphatic heterocycles. The fourth-order valence-corrected chi connectivity index (χ4v) is 1.11. The fourth-order valence-electron chi connectivity index (χ4n) is 1.11. The van der Waals surface area contributed by atoms with Crippen LogP contribution < -0.4 is 0 Å². The molecule has 1 unspecified atom stereocenters. The average molecular weight is 168 g/mol. The molecule has 1 heteroatoms. The van der Waals surface area contributed by atoms with Crippen LogP contribution in [0, 0.1) is 10.8 Å². The predicted molar refractivity (Wildman–Crippen MR) is 51.9 cm³/mol. The summed E-state index contributed by atoms with van der Waals surface area (Å²) in [6.45, 7) is 8.58. The van der Waals surface area contributed by atoms with Crippen LogP contribution in [0.5, 0.6) is 0 Å². The minimum absolute atomic E-state index is 0.187. The Balaban J connectivity index is 2.46. The summed E-state index contributed by atoms with van der Waals surface area (Å²) in [5.41, 5.74) is 0.383. The van der Waals surface area contributed by atoms with Gasteiger partial charge in [-0.2, -0.15) is 0 Å². The second-order valence-corrected chi connectivity index (χ2v) is 5.32. The Labute approximate surface area is 75.5 Å². The van der Waals surface area contributed by atoms with E-state index in [1.165, 1.54) is 12.8 Å². The highest BCUT2D eigenvalue weighted by atomic mass is 16.3. The zero-order valence-corrected chi connectivity index (χ0v) is 8.59. The molecule has 0 saturated heterocycles. The van der Waals surface area contributed by atoms with Gasteiger partial charge in [-0.05, 0) is 23.7 Å². The van der Waals surface area contributed by atoms with Crippen molar-refractivity contribution in [2.45, 2.75) is 46.6 Å². The second-order valence-electron chi connectivity index (χ2n) is 5.32. The molecule has 0 aromatic rings. The number of allylic oxidation sites excluding steroid dienone is 1. The quantitative estimate of drug-likeness (QED) is 0.629. The lowest BCUT2D eigenvalue weighted by Gasteiger charge is -2.16. The molecule has 1 rings (SSSR count). The summed E-state index contributed by atoms with van der Waals surface area (Å²) in [4.78, 5) is 0. The monoisotopic (exact) mass is 168 g/mol. The van der Waals surface area contributed by atoms with Crippen molar-refractivity contribution in [2.24, 2.45) is 10.8 Å². The molecule has 1 aliphatic carbocycles. The van der Waals surface area contributed by atoms with Gasteiger partial charge in [0.05, 0.1) is 6.10 Å². The molecule has 1 fully saturated rings. The summed E-state index contributed by atoms with van der Waals surface area (Å²) >= 11 is 0. The van der Waals surface area contributed by atoms with E-state index in [9.17, 15) is 5.11 Å². The summed E-state index contributed by atoms with van der Waals surface area (Å²) in [7, 11) is 0. The lowest BCUT2D eigenvalue weighted by Crippen LogP contribution is -2.16. The van der Waals surface area contributed by atoms with Crippen LogP contribution in [0.2, 0.25) is 0 Å². The Morgan fingerprint density at radius 1 is 1.33 bits per heavy atom.